The van der Waals surface area contributed by atoms with Crippen LogP contribution in [0.1, 0.15) is 27.7 Å². The van der Waals surface area contributed by atoms with Gasteiger partial charge in [0.1, 0.15) is 11.5 Å². The average Bonchev–Trinajstić information content (AvgIpc) is 2.84. The largest absolute Gasteiger partial charge is 0.478 e. The summed E-state index contributed by atoms with van der Waals surface area (Å²) >= 11 is 1.14. The SMILES string of the molecule is CCc1c(C)sc(NC(=O)Cn2cc([N+](=O)[O-])ccc2=O)c1C(=O)O. The Morgan fingerprint density at radius 1 is 1.40 bits per heavy atom. The Balaban J connectivity index is 2.27. The van der Waals surface area contributed by atoms with Crippen molar-refractivity contribution in [2.24, 2.45) is 0 Å². The third-order valence-corrected chi connectivity index (χ3v) is 4.58. The molecule has 0 aromatic carbocycles. The molecule has 0 aliphatic heterocycles. The molecule has 0 aliphatic carbocycles. The Morgan fingerprint density at radius 3 is 2.64 bits per heavy atom. The summed E-state index contributed by atoms with van der Waals surface area (Å²) < 4.78 is 0.898. The molecular formula is C15H15N3O6S. The smallest absolute Gasteiger partial charge is 0.339 e. The lowest BCUT2D eigenvalue weighted by molar-refractivity contribution is -0.385. The number of carboxylic acid groups (broad SMARTS) is 1. The predicted molar refractivity (Wildman–Crippen MR) is 91.4 cm³/mol. The number of amides is 1. The predicted octanol–water partition coefficient (Wildman–Crippen LogP) is 2.03. The third kappa shape index (κ3) is 3.91. The van der Waals surface area contributed by atoms with Crippen LogP contribution in [0.15, 0.2) is 23.1 Å². The highest BCUT2D eigenvalue weighted by Gasteiger charge is 2.22. The number of nitro groups is 1. The molecule has 132 valence electrons. The normalized spacial score (nSPS) is 10.5. The first-order valence-corrected chi connectivity index (χ1v) is 8.06. The number of pyridine rings is 1. The summed E-state index contributed by atoms with van der Waals surface area (Å²) in [5, 5.41) is 22.8. The van der Waals surface area contributed by atoms with Crippen LogP contribution in [0.5, 0.6) is 0 Å². The van der Waals surface area contributed by atoms with Crippen molar-refractivity contribution >= 4 is 33.9 Å². The van der Waals surface area contributed by atoms with Gasteiger partial charge in [0, 0.05) is 17.0 Å². The van der Waals surface area contributed by atoms with Crippen LogP contribution in [0.2, 0.25) is 0 Å². The molecule has 0 unspecified atom stereocenters. The van der Waals surface area contributed by atoms with E-state index in [2.05, 4.69) is 5.32 Å². The van der Waals surface area contributed by atoms with Crippen molar-refractivity contribution in [2.75, 3.05) is 5.32 Å². The van der Waals surface area contributed by atoms with Crippen molar-refractivity contribution in [1.82, 2.24) is 4.57 Å². The summed E-state index contributed by atoms with van der Waals surface area (Å²) in [4.78, 5) is 46.2. The zero-order valence-corrected chi connectivity index (χ0v) is 14.3. The van der Waals surface area contributed by atoms with Gasteiger partial charge in [0.2, 0.25) is 5.91 Å². The molecule has 0 spiro atoms. The fourth-order valence-electron chi connectivity index (χ4n) is 2.39. The van der Waals surface area contributed by atoms with Crippen LogP contribution in [-0.2, 0) is 17.8 Å². The lowest BCUT2D eigenvalue weighted by Crippen LogP contribution is -2.27. The molecule has 2 aromatic heterocycles. The van der Waals surface area contributed by atoms with Gasteiger partial charge in [-0.1, -0.05) is 6.92 Å². The number of carbonyl (C=O) groups is 2. The molecule has 0 radical (unpaired) electrons. The minimum atomic E-state index is -1.15. The van der Waals surface area contributed by atoms with E-state index >= 15 is 0 Å². The van der Waals surface area contributed by atoms with Gasteiger partial charge in [-0.05, 0) is 18.9 Å². The first kappa shape index (κ1) is 18.3. The molecule has 1 amide bonds. The van der Waals surface area contributed by atoms with E-state index in [0.717, 1.165) is 39.1 Å². The second kappa shape index (κ2) is 7.26. The number of nitrogens with zero attached hydrogens (tertiary/aromatic N) is 2. The molecule has 0 bridgehead atoms. The van der Waals surface area contributed by atoms with Crippen LogP contribution >= 0.6 is 11.3 Å². The van der Waals surface area contributed by atoms with Gasteiger partial charge in [0.15, 0.2) is 0 Å². The van der Waals surface area contributed by atoms with Crippen LogP contribution in [0.4, 0.5) is 10.7 Å². The van der Waals surface area contributed by atoms with Crippen LogP contribution in [-0.4, -0.2) is 26.5 Å². The number of nitrogens with one attached hydrogen (secondary N) is 1. The van der Waals surface area contributed by atoms with E-state index in [1.54, 1.807) is 6.92 Å². The molecule has 10 heteroatoms. The van der Waals surface area contributed by atoms with Crippen LogP contribution < -0.4 is 10.9 Å². The van der Waals surface area contributed by atoms with Crippen molar-refractivity contribution in [3.63, 3.8) is 0 Å². The second-order valence-electron chi connectivity index (χ2n) is 5.16. The minimum absolute atomic E-state index is 0.0322. The van der Waals surface area contributed by atoms with E-state index in [0.29, 0.717) is 12.0 Å². The van der Waals surface area contributed by atoms with Crippen LogP contribution in [0.3, 0.4) is 0 Å². The average molecular weight is 365 g/mol. The molecule has 2 heterocycles. The molecular weight excluding hydrogens is 350 g/mol. The molecule has 2 N–H and O–H groups in total. The van der Waals surface area contributed by atoms with E-state index in [1.807, 2.05) is 6.92 Å². The van der Waals surface area contributed by atoms with E-state index in [4.69, 9.17) is 0 Å². The maximum atomic E-state index is 12.2. The maximum Gasteiger partial charge on any atom is 0.339 e. The quantitative estimate of drug-likeness (QED) is 0.595. The Hall–Kier alpha value is -3.01. The monoisotopic (exact) mass is 365 g/mol. The summed E-state index contributed by atoms with van der Waals surface area (Å²) in [7, 11) is 0. The van der Waals surface area contributed by atoms with Gasteiger partial charge in [-0.25, -0.2) is 4.79 Å². The van der Waals surface area contributed by atoms with Crippen molar-refractivity contribution in [1.29, 1.82) is 0 Å². The van der Waals surface area contributed by atoms with Crippen molar-refractivity contribution in [2.45, 2.75) is 26.8 Å². The van der Waals surface area contributed by atoms with Gasteiger partial charge in [-0.2, -0.15) is 0 Å². The number of rotatable bonds is 6. The first-order valence-electron chi connectivity index (χ1n) is 7.24. The number of aromatic nitrogens is 1. The van der Waals surface area contributed by atoms with E-state index in [9.17, 15) is 29.6 Å². The summed E-state index contributed by atoms with van der Waals surface area (Å²) in [6, 6.07) is 2.05. The third-order valence-electron chi connectivity index (χ3n) is 3.52. The molecule has 0 saturated heterocycles. The number of aryl methyl sites for hydroxylation is 1. The Bertz CT molecular complexity index is 914. The molecule has 2 rings (SSSR count). The summed E-state index contributed by atoms with van der Waals surface area (Å²) in [5.74, 6) is -1.79. The number of aromatic carboxylic acids is 1. The molecule has 2 aromatic rings. The standard InChI is InChI=1S/C15H15N3O6S/c1-3-10-8(2)25-14(13(10)15(21)22)16-11(19)7-17-6-9(18(23)24)4-5-12(17)20/h4-6H,3,7H2,1-2H3,(H,16,19)(H,21,22). The summed E-state index contributed by atoms with van der Waals surface area (Å²) in [5.41, 5.74) is -0.222. The highest BCUT2D eigenvalue weighted by molar-refractivity contribution is 7.16. The molecule has 0 saturated carbocycles. The van der Waals surface area contributed by atoms with Gasteiger partial charge >= 0.3 is 5.97 Å². The fourth-order valence-corrected chi connectivity index (χ4v) is 3.54. The topological polar surface area (TPSA) is 132 Å². The zero-order valence-electron chi connectivity index (χ0n) is 13.4. The second-order valence-corrected chi connectivity index (χ2v) is 6.38. The van der Waals surface area contributed by atoms with E-state index in [-0.39, 0.29) is 16.3 Å². The highest BCUT2D eigenvalue weighted by atomic mass is 32.1. The molecule has 0 aliphatic rings. The van der Waals surface area contributed by atoms with E-state index < -0.39 is 28.9 Å². The van der Waals surface area contributed by atoms with Gasteiger partial charge in [-0.15, -0.1) is 11.3 Å². The molecule has 25 heavy (non-hydrogen) atoms. The summed E-state index contributed by atoms with van der Waals surface area (Å²) in [6.07, 6.45) is 1.47. The van der Waals surface area contributed by atoms with Crippen LogP contribution in [0, 0.1) is 17.0 Å². The van der Waals surface area contributed by atoms with Crippen molar-refractivity contribution < 1.29 is 19.6 Å². The number of thiophene rings is 1. The lowest BCUT2D eigenvalue weighted by Gasteiger charge is -2.07. The Kier molecular flexibility index (Phi) is 5.32. The fraction of sp³-hybridized carbons (Fsp3) is 0.267. The summed E-state index contributed by atoms with van der Waals surface area (Å²) in [6.45, 7) is 3.12. The lowest BCUT2D eigenvalue weighted by atomic mass is 10.1. The van der Waals surface area contributed by atoms with Crippen molar-refractivity contribution in [3.8, 4) is 0 Å². The number of carboxylic acids is 1. The Morgan fingerprint density at radius 2 is 2.08 bits per heavy atom. The molecule has 9 nitrogen and oxygen atoms in total. The number of carbonyl (C=O) groups excluding carboxylic acids is 1. The number of hydrogen-bond donors (Lipinski definition) is 2. The Labute approximate surface area is 145 Å². The van der Waals surface area contributed by atoms with Gasteiger partial charge in [-0.3, -0.25) is 24.3 Å². The highest BCUT2D eigenvalue weighted by Crippen LogP contribution is 2.33. The van der Waals surface area contributed by atoms with Crippen molar-refractivity contribution in [3.05, 3.63) is 54.8 Å². The first-order chi connectivity index (χ1) is 11.7. The minimum Gasteiger partial charge on any atom is -0.478 e. The van der Waals surface area contributed by atoms with Gasteiger partial charge < -0.3 is 10.4 Å². The van der Waals surface area contributed by atoms with Crippen LogP contribution in [0.25, 0.3) is 0 Å². The zero-order chi connectivity index (χ0) is 18.7. The number of anilines is 1. The maximum absolute atomic E-state index is 12.2. The molecule has 0 atom stereocenters. The number of hydrogen-bond acceptors (Lipinski definition) is 6. The van der Waals surface area contributed by atoms with E-state index in [1.165, 1.54) is 0 Å². The van der Waals surface area contributed by atoms with Gasteiger partial charge in [0.25, 0.3) is 11.2 Å². The molecule has 0 fully saturated rings. The van der Waals surface area contributed by atoms with Gasteiger partial charge in [0.05, 0.1) is 16.7 Å².